The summed E-state index contributed by atoms with van der Waals surface area (Å²) in [6.07, 6.45) is 10.0. The van der Waals surface area contributed by atoms with Gasteiger partial charge in [0.15, 0.2) is 6.39 Å². The van der Waals surface area contributed by atoms with E-state index >= 15 is 0 Å². The summed E-state index contributed by atoms with van der Waals surface area (Å²) in [5, 5.41) is 4.18. The van der Waals surface area contributed by atoms with Crippen molar-refractivity contribution in [1.29, 1.82) is 0 Å². The predicted octanol–water partition coefficient (Wildman–Crippen LogP) is 3.96. The van der Waals surface area contributed by atoms with E-state index < -0.39 is 0 Å². The third-order valence-electron chi connectivity index (χ3n) is 6.68. The summed E-state index contributed by atoms with van der Waals surface area (Å²) >= 11 is 0. The fraction of sp³-hybridized carbons (Fsp3) is 0.458. The van der Waals surface area contributed by atoms with Crippen LogP contribution < -0.4 is 5.32 Å². The zero-order valence-electron chi connectivity index (χ0n) is 17.2. The smallest absolute Gasteiger partial charge is 0.252 e. The summed E-state index contributed by atoms with van der Waals surface area (Å²) in [4.78, 5) is 24.0. The predicted molar refractivity (Wildman–Crippen MR) is 115 cm³/mol. The molecule has 156 valence electrons. The topological polar surface area (TPSA) is 71.3 Å². The van der Waals surface area contributed by atoms with Crippen LogP contribution in [0, 0.1) is 5.92 Å². The molecule has 6 heteroatoms. The van der Waals surface area contributed by atoms with Crippen LogP contribution in [0.1, 0.15) is 53.9 Å². The summed E-state index contributed by atoms with van der Waals surface area (Å²) in [5.41, 5.74) is 2.70. The molecule has 0 spiro atoms. The van der Waals surface area contributed by atoms with Crippen molar-refractivity contribution in [3.8, 4) is 0 Å². The largest absolute Gasteiger partial charge is 0.448 e. The molecular formula is C24H28N4O2. The molecule has 0 radical (unpaired) electrons. The van der Waals surface area contributed by atoms with Crippen LogP contribution in [0.5, 0.6) is 0 Å². The highest BCUT2D eigenvalue weighted by atomic mass is 16.3. The molecule has 0 bridgehead atoms. The number of amides is 1. The monoisotopic (exact) mass is 404 g/mol. The first-order valence-electron chi connectivity index (χ1n) is 11.0. The molecule has 30 heavy (non-hydrogen) atoms. The molecule has 0 atom stereocenters. The fourth-order valence-corrected chi connectivity index (χ4v) is 4.89. The van der Waals surface area contributed by atoms with Crippen molar-refractivity contribution < 1.29 is 9.21 Å². The number of hydrogen-bond donors (Lipinski definition) is 1. The number of aromatic nitrogens is 2. The van der Waals surface area contributed by atoms with Gasteiger partial charge >= 0.3 is 0 Å². The molecule has 1 N–H and O–H groups in total. The highest BCUT2D eigenvalue weighted by Gasteiger charge is 2.25. The average Bonchev–Trinajstić information content (AvgIpc) is 3.26. The van der Waals surface area contributed by atoms with Crippen LogP contribution in [-0.2, 0) is 13.0 Å². The van der Waals surface area contributed by atoms with Crippen molar-refractivity contribution in [2.45, 2.75) is 51.1 Å². The number of benzene rings is 1. The SMILES string of the molecule is O=C(NC1CCC(CCN2CCc3ocnc3C2)CC1)c1cccc2ncccc12. The Balaban J connectivity index is 1.10. The van der Waals surface area contributed by atoms with E-state index in [1.165, 1.54) is 19.3 Å². The number of hydrogen-bond acceptors (Lipinski definition) is 5. The lowest BCUT2D eigenvalue weighted by Crippen LogP contribution is -2.38. The lowest BCUT2D eigenvalue weighted by molar-refractivity contribution is 0.0921. The number of nitrogens with one attached hydrogen (secondary N) is 1. The van der Waals surface area contributed by atoms with E-state index in [1.807, 2.05) is 30.3 Å². The van der Waals surface area contributed by atoms with Gasteiger partial charge in [-0.25, -0.2) is 4.98 Å². The van der Waals surface area contributed by atoms with Gasteiger partial charge in [0.05, 0.1) is 11.2 Å². The molecule has 3 aromatic rings. The molecular weight excluding hydrogens is 376 g/mol. The number of carbonyl (C=O) groups is 1. The molecule has 1 amide bonds. The van der Waals surface area contributed by atoms with E-state index in [0.717, 1.165) is 72.7 Å². The molecule has 5 rings (SSSR count). The molecule has 2 aliphatic rings. The Bertz CT molecular complexity index is 1020. The van der Waals surface area contributed by atoms with E-state index in [2.05, 4.69) is 20.2 Å². The summed E-state index contributed by atoms with van der Waals surface area (Å²) in [5.74, 6) is 1.83. The van der Waals surface area contributed by atoms with Gasteiger partial charge in [-0.3, -0.25) is 14.7 Å². The van der Waals surface area contributed by atoms with Crippen molar-refractivity contribution in [3.05, 3.63) is 59.9 Å². The van der Waals surface area contributed by atoms with Crippen LogP contribution in [0.4, 0.5) is 0 Å². The van der Waals surface area contributed by atoms with E-state index in [9.17, 15) is 4.79 Å². The second kappa shape index (κ2) is 8.56. The average molecular weight is 405 g/mol. The first-order valence-corrected chi connectivity index (χ1v) is 11.0. The van der Waals surface area contributed by atoms with Crippen molar-refractivity contribution >= 4 is 16.8 Å². The first-order chi connectivity index (χ1) is 14.8. The van der Waals surface area contributed by atoms with Gasteiger partial charge in [-0.15, -0.1) is 0 Å². The lowest BCUT2D eigenvalue weighted by Gasteiger charge is -2.31. The van der Waals surface area contributed by atoms with E-state index in [0.29, 0.717) is 0 Å². The maximum Gasteiger partial charge on any atom is 0.252 e. The summed E-state index contributed by atoms with van der Waals surface area (Å²) in [6.45, 7) is 3.10. The van der Waals surface area contributed by atoms with Gasteiger partial charge in [-0.05, 0) is 62.8 Å². The molecule has 1 aliphatic carbocycles. The Kier molecular flexibility index (Phi) is 5.49. The number of carbonyl (C=O) groups excluding carboxylic acids is 1. The van der Waals surface area contributed by atoms with Gasteiger partial charge in [-0.2, -0.15) is 0 Å². The third-order valence-corrected chi connectivity index (χ3v) is 6.68. The zero-order valence-corrected chi connectivity index (χ0v) is 17.2. The number of rotatable bonds is 5. The van der Waals surface area contributed by atoms with E-state index in [4.69, 9.17) is 4.42 Å². The van der Waals surface area contributed by atoms with Crippen molar-refractivity contribution in [2.24, 2.45) is 5.92 Å². The van der Waals surface area contributed by atoms with E-state index in [-0.39, 0.29) is 11.9 Å². The van der Waals surface area contributed by atoms with Gasteiger partial charge in [0.2, 0.25) is 0 Å². The highest BCUT2D eigenvalue weighted by Crippen LogP contribution is 2.28. The Hall–Kier alpha value is -2.73. The fourth-order valence-electron chi connectivity index (χ4n) is 4.89. The molecule has 0 unspecified atom stereocenters. The third kappa shape index (κ3) is 4.10. The van der Waals surface area contributed by atoms with Crippen LogP contribution in [-0.4, -0.2) is 39.9 Å². The number of nitrogens with zero attached hydrogens (tertiary/aromatic N) is 3. The van der Waals surface area contributed by atoms with Crippen LogP contribution in [0.15, 0.2) is 47.3 Å². The summed E-state index contributed by atoms with van der Waals surface area (Å²) < 4.78 is 5.42. The molecule has 1 aromatic carbocycles. The Morgan fingerprint density at radius 2 is 2.03 bits per heavy atom. The summed E-state index contributed by atoms with van der Waals surface area (Å²) in [6, 6.07) is 9.87. The molecule has 1 saturated carbocycles. The second-order valence-electron chi connectivity index (χ2n) is 8.60. The second-order valence-corrected chi connectivity index (χ2v) is 8.60. The number of pyridine rings is 1. The molecule has 1 aliphatic heterocycles. The molecule has 2 aromatic heterocycles. The Labute approximate surface area is 176 Å². The normalized spacial score (nSPS) is 22.0. The van der Waals surface area contributed by atoms with Gasteiger partial charge in [0.25, 0.3) is 5.91 Å². The van der Waals surface area contributed by atoms with Crippen molar-refractivity contribution in [3.63, 3.8) is 0 Å². The maximum absolute atomic E-state index is 12.9. The Morgan fingerprint density at radius 1 is 1.13 bits per heavy atom. The molecule has 0 saturated heterocycles. The minimum Gasteiger partial charge on any atom is -0.448 e. The lowest BCUT2D eigenvalue weighted by atomic mass is 9.84. The van der Waals surface area contributed by atoms with Gasteiger partial charge < -0.3 is 9.73 Å². The quantitative estimate of drug-likeness (QED) is 0.697. The molecule has 1 fully saturated rings. The Morgan fingerprint density at radius 3 is 2.93 bits per heavy atom. The number of fused-ring (bicyclic) bond motifs is 2. The number of oxazole rings is 1. The van der Waals surface area contributed by atoms with Gasteiger partial charge in [0.1, 0.15) is 5.76 Å². The van der Waals surface area contributed by atoms with Crippen LogP contribution in [0.3, 0.4) is 0 Å². The van der Waals surface area contributed by atoms with Crippen LogP contribution >= 0.6 is 0 Å². The standard InChI is InChI=1S/C24H28N4O2/c29-24(20-3-1-5-21-19(20)4-2-12-25-21)27-18-8-6-17(7-9-18)10-13-28-14-11-23-22(15-28)26-16-30-23/h1-5,12,16-18H,6-11,13-15H2,(H,27,29). The summed E-state index contributed by atoms with van der Waals surface area (Å²) in [7, 11) is 0. The van der Waals surface area contributed by atoms with Crippen LogP contribution in [0.2, 0.25) is 0 Å². The van der Waals surface area contributed by atoms with Crippen molar-refractivity contribution in [1.82, 2.24) is 20.2 Å². The minimum atomic E-state index is 0.0220. The highest BCUT2D eigenvalue weighted by molar-refractivity contribution is 6.06. The minimum absolute atomic E-state index is 0.0220. The molecule has 3 heterocycles. The van der Waals surface area contributed by atoms with Gasteiger partial charge in [0, 0.05) is 42.7 Å². The zero-order chi connectivity index (χ0) is 20.3. The van der Waals surface area contributed by atoms with Crippen LogP contribution in [0.25, 0.3) is 10.9 Å². The van der Waals surface area contributed by atoms with Crippen molar-refractivity contribution in [2.75, 3.05) is 13.1 Å². The maximum atomic E-state index is 12.9. The first kappa shape index (κ1) is 19.2. The molecule has 6 nitrogen and oxygen atoms in total. The van der Waals surface area contributed by atoms with Gasteiger partial charge in [-0.1, -0.05) is 12.1 Å². The van der Waals surface area contributed by atoms with E-state index in [1.54, 1.807) is 12.6 Å².